The van der Waals surface area contributed by atoms with Crippen molar-refractivity contribution in [2.45, 2.75) is 31.7 Å². The van der Waals surface area contributed by atoms with Crippen LogP contribution in [0.5, 0.6) is 0 Å². The number of likely N-dealkylation sites (tertiary alicyclic amines) is 1. The van der Waals surface area contributed by atoms with Crippen LogP contribution in [0.15, 0.2) is 0 Å². The van der Waals surface area contributed by atoms with Crippen molar-refractivity contribution >= 4 is 23.3 Å². The van der Waals surface area contributed by atoms with E-state index in [0.717, 1.165) is 25.8 Å². The molecule has 3 nitrogen and oxygen atoms in total. The lowest BCUT2D eigenvalue weighted by Crippen LogP contribution is -2.50. The fourth-order valence-electron chi connectivity index (χ4n) is 2.59. The maximum absolute atomic E-state index is 11.5. The Balaban J connectivity index is 2.07. The van der Waals surface area contributed by atoms with Gasteiger partial charge in [0.1, 0.15) is 11.7 Å². The zero-order valence-corrected chi connectivity index (χ0v) is 8.79. The molecular weight excluding hydrogens is 202 g/mol. The molecule has 0 spiro atoms. The molecule has 2 bridgehead atoms. The number of alkyl halides is 1. The van der Waals surface area contributed by atoms with Gasteiger partial charge in [0, 0.05) is 25.4 Å². The number of nitrogens with zero attached hydrogens (tertiary/aromatic N) is 1. The van der Waals surface area contributed by atoms with E-state index in [1.54, 1.807) is 4.90 Å². The standard InChI is InChI=1S/C10H14ClNO2/c11-6-10(14)12-2-1-7-3-8(12)5-9(13)4-7/h7-8H,1-6H2. The third kappa shape index (κ3) is 1.78. The number of carbonyl (C=O) groups is 2. The van der Waals surface area contributed by atoms with E-state index < -0.39 is 0 Å². The van der Waals surface area contributed by atoms with Crippen molar-refractivity contribution in [1.82, 2.24) is 4.90 Å². The highest BCUT2D eigenvalue weighted by Crippen LogP contribution is 2.32. The molecule has 78 valence electrons. The second-order valence-corrected chi connectivity index (χ2v) is 4.48. The average molecular weight is 216 g/mol. The van der Waals surface area contributed by atoms with Gasteiger partial charge in [-0.3, -0.25) is 9.59 Å². The summed E-state index contributed by atoms with van der Waals surface area (Å²) >= 11 is 5.52. The summed E-state index contributed by atoms with van der Waals surface area (Å²) in [6.45, 7) is 0.786. The van der Waals surface area contributed by atoms with E-state index in [1.807, 2.05) is 0 Å². The summed E-state index contributed by atoms with van der Waals surface area (Å²) in [5.74, 6) is 0.832. The SMILES string of the molecule is O=C1CC2CCN(C(=O)CCl)C(C1)C2. The maximum Gasteiger partial charge on any atom is 0.237 e. The minimum atomic E-state index is -0.0233. The largest absolute Gasteiger partial charge is 0.338 e. The third-order valence-corrected chi connectivity index (χ3v) is 3.47. The zero-order valence-electron chi connectivity index (χ0n) is 8.04. The second kappa shape index (κ2) is 3.89. The number of carbonyl (C=O) groups excluding carboxylic acids is 2. The number of hydrogen-bond acceptors (Lipinski definition) is 2. The van der Waals surface area contributed by atoms with Crippen LogP contribution in [0.4, 0.5) is 0 Å². The summed E-state index contributed by atoms with van der Waals surface area (Å²) in [5.41, 5.74) is 0. The van der Waals surface area contributed by atoms with Gasteiger partial charge in [-0.15, -0.1) is 11.6 Å². The molecule has 2 fully saturated rings. The van der Waals surface area contributed by atoms with Crippen LogP contribution in [-0.4, -0.2) is 35.1 Å². The molecule has 1 heterocycles. The number of rotatable bonds is 1. The molecule has 1 amide bonds. The molecule has 0 aromatic rings. The normalized spacial score (nSPS) is 31.8. The van der Waals surface area contributed by atoms with Crippen molar-refractivity contribution < 1.29 is 9.59 Å². The van der Waals surface area contributed by atoms with Crippen molar-refractivity contribution in [2.75, 3.05) is 12.4 Å². The van der Waals surface area contributed by atoms with Gasteiger partial charge in [-0.1, -0.05) is 0 Å². The lowest BCUT2D eigenvalue weighted by atomic mass is 9.79. The Morgan fingerprint density at radius 3 is 3.00 bits per heavy atom. The van der Waals surface area contributed by atoms with Gasteiger partial charge in [0.15, 0.2) is 0 Å². The first-order valence-corrected chi connectivity index (χ1v) is 5.61. The first-order valence-electron chi connectivity index (χ1n) is 5.08. The fourth-order valence-corrected chi connectivity index (χ4v) is 2.74. The first-order chi connectivity index (χ1) is 6.70. The van der Waals surface area contributed by atoms with Crippen LogP contribution in [0.25, 0.3) is 0 Å². The van der Waals surface area contributed by atoms with Crippen molar-refractivity contribution in [2.24, 2.45) is 5.92 Å². The van der Waals surface area contributed by atoms with Gasteiger partial charge in [-0.2, -0.15) is 0 Å². The lowest BCUT2D eigenvalue weighted by Gasteiger charge is -2.42. The van der Waals surface area contributed by atoms with Crippen LogP contribution < -0.4 is 0 Å². The van der Waals surface area contributed by atoms with Crippen molar-refractivity contribution in [1.29, 1.82) is 0 Å². The smallest absolute Gasteiger partial charge is 0.237 e. The van der Waals surface area contributed by atoms with Gasteiger partial charge in [0.2, 0.25) is 5.91 Å². The van der Waals surface area contributed by atoms with Crippen molar-refractivity contribution in [3.8, 4) is 0 Å². The van der Waals surface area contributed by atoms with Crippen LogP contribution in [0.3, 0.4) is 0 Å². The Morgan fingerprint density at radius 1 is 1.50 bits per heavy atom. The second-order valence-electron chi connectivity index (χ2n) is 4.21. The van der Waals surface area contributed by atoms with Gasteiger partial charge in [0.25, 0.3) is 0 Å². The molecule has 4 heteroatoms. The summed E-state index contributed by atoms with van der Waals surface area (Å²) in [5, 5.41) is 0. The Hall–Kier alpha value is -0.570. The summed E-state index contributed by atoms with van der Waals surface area (Å²) in [7, 11) is 0. The van der Waals surface area contributed by atoms with Gasteiger partial charge >= 0.3 is 0 Å². The average Bonchev–Trinajstić information content (AvgIpc) is 2.16. The van der Waals surface area contributed by atoms with Gasteiger partial charge in [-0.25, -0.2) is 0 Å². The lowest BCUT2D eigenvalue weighted by molar-refractivity contribution is -0.137. The minimum absolute atomic E-state index is 0.0233. The van der Waals surface area contributed by atoms with Crippen LogP contribution in [0, 0.1) is 5.92 Å². The Morgan fingerprint density at radius 2 is 2.29 bits per heavy atom. The Bertz CT molecular complexity index is 267. The van der Waals surface area contributed by atoms with E-state index in [9.17, 15) is 9.59 Å². The Kier molecular flexibility index (Phi) is 2.77. The highest BCUT2D eigenvalue weighted by atomic mass is 35.5. The minimum Gasteiger partial charge on any atom is -0.338 e. The monoisotopic (exact) mass is 215 g/mol. The van der Waals surface area contributed by atoms with E-state index in [2.05, 4.69) is 0 Å². The Labute approximate surface area is 88.4 Å². The van der Waals surface area contributed by atoms with Gasteiger partial charge < -0.3 is 4.90 Å². The van der Waals surface area contributed by atoms with E-state index in [1.165, 1.54) is 0 Å². The van der Waals surface area contributed by atoms with Crippen LogP contribution in [0.2, 0.25) is 0 Å². The number of amides is 1. The van der Waals surface area contributed by atoms with Crippen molar-refractivity contribution in [3.63, 3.8) is 0 Å². The highest BCUT2D eigenvalue weighted by molar-refractivity contribution is 6.27. The molecule has 0 N–H and O–H groups in total. The third-order valence-electron chi connectivity index (χ3n) is 3.24. The van der Waals surface area contributed by atoms with Crippen LogP contribution in [0.1, 0.15) is 25.7 Å². The fraction of sp³-hybridized carbons (Fsp3) is 0.800. The predicted octanol–water partition coefficient (Wildman–Crippen LogP) is 1.20. The molecule has 14 heavy (non-hydrogen) atoms. The van der Waals surface area contributed by atoms with E-state index in [0.29, 0.717) is 18.1 Å². The van der Waals surface area contributed by atoms with E-state index >= 15 is 0 Å². The molecule has 0 aromatic heterocycles. The van der Waals surface area contributed by atoms with Gasteiger partial charge in [0.05, 0.1) is 0 Å². The number of hydrogen-bond donors (Lipinski definition) is 0. The molecule has 0 aromatic carbocycles. The number of fused-ring (bicyclic) bond motifs is 2. The van der Waals surface area contributed by atoms with Crippen LogP contribution in [-0.2, 0) is 9.59 Å². The molecule has 1 aliphatic carbocycles. The molecule has 1 saturated heterocycles. The molecule has 0 radical (unpaired) electrons. The topological polar surface area (TPSA) is 37.4 Å². The molecular formula is C10H14ClNO2. The summed E-state index contributed by atoms with van der Waals surface area (Å²) in [4.78, 5) is 24.6. The predicted molar refractivity (Wildman–Crippen MR) is 53.2 cm³/mol. The van der Waals surface area contributed by atoms with Crippen LogP contribution >= 0.6 is 11.6 Å². The summed E-state index contributed by atoms with van der Waals surface area (Å²) < 4.78 is 0. The number of halogens is 1. The first kappa shape index (κ1) is 9.97. The van der Waals surface area contributed by atoms with Crippen molar-refractivity contribution in [3.05, 3.63) is 0 Å². The molecule has 2 atom stereocenters. The maximum atomic E-state index is 11.5. The molecule has 1 saturated carbocycles. The summed E-state index contributed by atoms with van der Waals surface area (Å²) in [6, 6.07) is 0.140. The van der Waals surface area contributed by atoms with Gasteiger partial charge in [-0.05, 0) is 18.8 Å². The zero-order chi connectivity index (χ0) is 10.1. The molecule has 2 unspecified atom stereocenters. The van der Waals surface area contributed by atoms with E-state index in [-0.39, 0.29) is 17.8 Å². The molecule has 2 aliphatic rings. The molecule has 2 rings (SSSR count). The number of piperidine rings is 1. The highest BCUT2D eigenvalue weighted by Gasteiger charge is 2.36. The molecule has 1 aliphatic heterocycles. The van der Waals surface area contributed by atoms with E-state index in [4.69, 9.17) is 11.6 Å². The number of Topliss-reactive ketones (excluding diaryl/α,β-unsaturated/α-hetero) is 1. The quantitative estimate of drug-likeness (QED) is 0.617. The number of ketones is 1. The summed E-state index contributed by atoms with van der Waals surface area (Å²) in [6.07, 6.45) is 3.22.